The molecular weight excluding hydrogens is 338 g/mol. The van der Waals surface area contributed by atoms with Crippen LogP contribution in [-0.4, -0.2) is 37.1 Å². The Hall–Kier alpha value is -2.08. The van der Waals surface area contributed by atoms with E-state index in [1.165, 1.54) is 5.56 Å². The molecule has 1 amide bonds. The number of nitrogens with two attached hydrogens (primary N) is 1. The monoisotopic (exact) mass is 359 g/mol. The Bertz CT molecular complexity index is 745. The first kappa shape index (κ1) is 17.7. The molecule has 6 heteroatoms. The number of halogens is 1. The standard InChI is InChI=1S/C19H22ClN3O2/c20-18-11-16(21)5-6-17(18)19(24)22-12-14-3-1-2-4-15(14)13-23-7-9-25-10-8-23/h1-6,11H,7-10,12-13,21H2,(H,22,24). The lowest BCUT2D eigenvalue weighted by Crippen LogP contribution is -2.36. The fourth-order valence-electron chi connectivity index (χ4n) is 2.87. The zero-order chi connectivity index (χ0) is 17.6. The quantitative estimate of drug-likeness (QED) is 0.805. The smallest absolute Gasteiger partial charge is 0.253 e. The maximum Gasteiger partial charge on any atom is 0.253 e. The van der Waals surface area contributed by atoms with Crippen molar-refractivity contribution in [1.82, 2.24) is 10.2 Å². The molecule has 5 nitrogen and oxygen atoms in total. The highest BCUT2D eigenvalue weighted by atomic mass is 35.5. The zero-order valence-corrected chi connectivity index (χ0v) is 14.8. The van der Waals surface area contributed by atoms with E-state index in [0.717, 1.165) is 38.4 Å². The molecule has 1 aliphatic heterocycles. The van der Waals surface area contributed by atoms with Gasteiger partial charge in [-0.3, -0.25) is 9.69 Å². The van der Waals surface area contributed by atoms with Crippen LogP contribution in [0.25, 0.3) is 0 Å². The molecule has 3 N–H and O–H groups in total. The lowest BCUT2D eigenvalue weighted by Gasteiger charge is -2.27. The Morgan fingerprint density at radius 2 is 1.88 bits per heavy atom. The Labute approximate surface area is 152 Å². The van der Waals surface area contributed by atoms with Crippen molar-refractivity contribution in [3.63, 3.8) is 0 Å². The van der Waals surface area contributed by atoms with E-state index in [4.69, 9.17) is 22.1 Å². The predicted molar refractivity (Wildman–Crippen MR) is 99.6 cm³/mol. The molecule has 132 valence electrons. The van der Waals surface area contributed by atoms with Gasteiger partial charge in [0.15, 0.2) is 0 Å². The third-order valence-corrected chi connectivity index (χ3v) is 4.61. The van der Waals surface area contributed by atoms with Gasteiger partial charge in [-0.15, -0.1) is 0 Å². The van der Waals surface area contributed by atoms with Gasteiger partial charge in [0.05, 0.1) is 23.8 Å². The molecule has 1 saturated heterocycles. The second-order valence-electron chi connectivity index (χ2n) is 6.08. The number of nitrogens with one attached hydrogen (secondary N) is 1. The van der Waals surface area contributed by atoms with E-state index in [2.05, 4.69) is 16.3 Å². The van der Waals surface area contributed by atoms with Gasteiger partial charge in [0.1, 0.15) is 0 Å². The SMILES string of the molecule is Nc1ccc(C(=O)NCc2ccccc2CN2CCOCC2)c(Cl)c1. The van der Waals surface area contributed by atoms with Crippen molar-refractivity contribution in [1.29, 1.82) is 0 Å². The molecule has 25 heavy (non-hydrogen) atoms. The largest absolute Gasteiger partial charge is 0.399 e. The summed E-state index contributed by atoms with van der Waals surface area (Å²) in [5.74, 6) is -0.203. The lowest BCUT2D eigenvalue weighted by atomic mass is 10.1. The number of nitrogens with zero attached hydrogens (tertiary/aromatic N) is 1. The van der Waals surface area contributed by atoms with E-state index < -0.39 is 0 Å². The molecule has 1 fully saturated rings. The summed E-state index contributed by atoms with van der Waals surface area (Å²) >= 11 is 6.11. The van der Waals surface area contributed by atoms with Gasteiger partial charge >= 0.3 is 0 Å². The predicted octanol–water partition coefficient (Wildman–Crippen LogP) is 2.68. The molecule has 1 aliphatic rings. The molecule has 0 atom stereocenters. The summed E-state index contributed by atoms with van der Waals surface area (Å²) < 4.78 is 5.40. The molecule has 1 heterocycles. The molecular formula is C19H22ClN3O2. The Balaban J connectivity index is 1.65. The summed E-state index contributed by atoms with van der Waals surface area (Å²) in [7, 11) is 0. The second kappa shape index (κ2) is 8.34. The van der Waals surface area contributed by atoms with Crippen LogP contribution in [0.5, 0.6) is 0 Å². The summed E-state index contributed by atoms with van der Waals surface area (Å²) in [6.45, 7) is 4.73. The first-order valence-electron chi connectivity index (χ1n) is 8.33. The number of carbonyl (C=O) groups is 1. The van der Waals surface area contributed by atoms with Crippen LogP contribution in [-0.2, 0) is 17.8 Å². The highest BCUT2D eigenvalue weighted by Gasteiger charge is 2.14. The minimum Gasteiger partial charge on any atom is -0.399 e. The Kier molecular flexibility index (Phi) is 5.91. The van der Waals surface area contributed by atoms with Crippen LogP contribution in [0.4, 0.5) is 5.69 Å². The van der Waals surface area contributed by atoms with E-state index in [0.29, 0.717) is 22.8 Å². The van der Waals surface area contributed by atoms with Crippen molar-refractivity contribution in [2.75, 3.05) is 32.0 Å². The van der Waals surface area contributed by atoms with Crippen LogP contribution in [0.2, 0.25) is 5.02 Å². The first-order valence-corrected chi connectivity index (χ1v) is 8.71. The molecule has 0 saturated carbocycles. The third-order valence-electron chi connectivity index (χ3n) is 4.29. The highest BCUT2D eigenvalue weighted by Crippen LogP contribution is 2.19. The summed E-state index contributed by atoms with van der Waals surface area (Å²) in [6, 6.07) is 13.1. The molecule has 0 radical (unpaired) electrons. The number of nitrogen functional groups attached to an aromatic ring is 1. The van der Waals surface area contributed by atoms with Gasteiger partial charge in [-0.25, -0.2) is 0 Å². The van der Waals surface area contributed by atoms with Crippen molar-refractivity contribution in [3.8, 4) is 0 Å². The van der Waals surface area contributed by atoms with Crippen LogP contribution in [0, 0.1) is 0 Å². The molecule has 0 unspecified atom stereocenters. The zero-order valence-electron chi connectivity index (χ0n) is 14.0. The summed E-state index contributed by atoms with van der Waals surface area (Å²) in [5.41, 5.74) is 8.96. The van der Waals surface area contributed by atoms with Crippen LogP contribution in [0.1, 0.15) is 21.5 Å². The minimum absolute atomic E-state index is 0.203. The summed E-state index contributed by atoms with van der Waals surface area (Å²) in [5, 5.41) is 3.31. The second-order valence-corrected chi connectivity index (χ2v) is 6.49. The minimum atomic E-state index is -0.203. The van der Waals surface area contributed by atoms with Gasteiger partial charge in [0.25, 0.3) is 5.91 Å². The fraction of sp³-hybridized carbons (Fsp3) is 0.316. The van der Waals surface area contributed by atoms with Crippen LogP contribution < -0.4 is 11.1 Å². The van der Waals surface area contributed by atoms with E-state index >= 15 is 0 Å². The molecule has 0 aromatic heterocycles. The van der Waals surface area contributed by atoms with Gasteiger partial charge in [-0.1, -0.05) is 35.9 Å². The van der Waals surface area contributed by atoms with E-state index in [1.54, 1.807) is 18.2 Å². The molecule has 0 bridgehead atoms. The van der Waals surface area contributed by atoms with Crippen molar-refractivity contribution >= 4 is 23.2 Å². The topological polar surface area (TPSA) is 67.6 Å². The fourth-order valence-corrected chi connectivity index (χ4v) is 3.15. The number of benzene rings is 2. The van der Waals surface area contributed by atoms with Crippen LogP contribution >= 0.6 is 11.6 Å². The van der Waals surface area contributed by atoms with Crippen LogP contribution in [0.3, 0.4) is 0 Å². The molecule has 2 aromatic rings. The summed E-state index contributed by atoms with van der Waals surface area (Å²) in [4.78, 5) is 14.8. The van der Waals surface area contributed by atoms with E-state index in [1.807, 2.05) is 18.2 Å². The van der Waals surface area contributed by atoms with Gasteiger partial charge in [0, 0.05) is 31.9 Å². The maximum absolute atomic E-state index is 12.4. The van der Waals surface area contributed by atoms with Crippen molar-refractivity contribution in [2.45, 2.75) is 13.1 Å². The number of hydrogen-bond acceptors (Lipinski definition) is 4. The normalized spacial score (nSPS) is 15.1. The van der Waals surface area contributed by atoms with Crippen molar-refractivity contribution < 1.29 is 9.53 Å². The first-order chi connectivity index (χ1) is 12.1. The van der Waals surface area contributed by atoms with E-state index in [-0.39, 0.29) is 5.91 Å². The third kappa shape index (κ3) is 4.72. The molecule has 3 rings (SSSR count). The van der Waals surface area contributed by atoms with Gasteiger partial charge in [-0.05, 0) is 29.3 Å². The number of carbonyl (C=O) groups excluding carboxylic acids is 1. The van der Waals surface area contributed by atoms with Gasteiger partial charge in [0.2, 0.25) is 0 Å². The average Bonchev–Trinajstić information content (AvgIpc) is 2.61. The average molecular weight is 360 g/mol. The molecule has 2 aromatic carbocycles. The Morgan fingerprint density at radius 1 is 1.16 bits per heavy atom. The number of morpholine rings is 1. The van der Waals surface area contributed by atoms with Crippen LogP contribution in [0.15, 0.2) is 42.5 Å². The Morgan fingerprint density at radius 3 is 2.60 bits per heavy atom. The van der Waals surface area contributed by atoms with E-state index in [9.17, 15) is 4.79 Å². The number of ether oxygens (including phenoxy) is 1. The molecule has 0 aliphatic carbocycles. The lowest BCUT2D eigenvalue weighted by molar-refractivity contribution is 0.0340. The number of hydrogen-bond donors (Lipinski definition) is 2. The number of amides is 1. The van der Waals surface area contributed by atoms with Gasteiger partial charge in [-0.2, -0.15) is 0 Å². The van der Waals surface area contributed by atoms with Crippen molar-refractivity contribution in [2.24, 2.45) is 0 Å². The number of anilines is 1. The van der Waals surface area contributed by atoms with Crippen molar-refractivity contribution in [3.05, 3.63) is 64.2 Å². The summed E-state index contributed by atoms with van der Waals surface area (Å²) in [6.07, 6.45) is 0. The highest BCUT2D eigenvalue weighted by molar-refractivity contribution is 6.34. The van der Waals surface area contributed by atoms with Gasteiger partial charge < -0.3 is 15.8 Å². The molecule has 0 spiro atoms. The maximum atomic E-state index is 12.4. The number of rotatable bonds is 5.